The van der Waals surface area contributed by atoms with E-state index in [1.807, 2.05) is 6.92 Å². The molecule has 7 nitrogen and oxygen atoms in total. The topological polar surface area (TPSA) is 99.9 Å². The minimum absolute atomic E-state index is 0.0916. The zero-order chi connectivity index (χ0) is 15.0. The summed E-state index contributed by atoms with van der Waals surface area (Å²) in [5, 5.41) is 19.4. The molecule has 0 radical (unpaired) electrons. The molecule has 1 saturated carbocycles. The summed E-state index contributed by atoms with van der Waals surface area (Å²) in [5.41, 5.74) is 6.40. The molecule has 0 saturated heterocycles. The summed E-state index contributed by atoms with van der Waals surface area (Å²) < 4.78 is 2.10. The maximum absolute atomic E-state index is 11.0. The smallest absolute Gasteiger partial charge is 0.292 e. The third-order valence-corrected chi connectivity index (χ3v) is 4.04. The number of nitrogens with two attached hydrogens (primary N) is 1. The molecular formula is C14H17N5O2. The van der Waals surface area contributed by atoms with Gasteiger partial charge >= 0.3 is 0 Å². The van der Waals surface area contributed by atoms with Crippen molar-refractivity contribution in [3.63, 3.8) is 0 Å². The first-order chi connectivity index (χ1) is 10.1. The Hall–Kier alpha value is -2.44. The van der Waals surface area contributed by atoms with Crippen LogP contribution in [0.25, 0.3) is 11.4 Å². The Morgan fingerprint density at radius 3 is 2.71 bits per heavy atom. The molecule has 2 aromatic rings. The highest BCUT2D eigenvalue weighted by molar-refractivity contribution is 5.68. The lowest BCUT2D eigenvalue weighted by Crippen LogP contribution is -2.09. The van der Waals surface area contributed by atoms with Crippen molar-refractivity contribution in [2.24, 2.45) is 0 Å². The first kappa shape index (κ1) is 13.5. The molecule has 0 amide bonds. The van der Waals surface area contributed by atoms with Crippen LogP contribution in [0.2, 0.25) is 0 Å². The minimum atomic E-state index is -0.470. The highest BCUT2D eigenvalue weighted by Gasteiger charge is 2.24. The van der Waals surface area contributed by atoms with Crippen LogP contribution in [0.15, 0.2) is 18.2 Å². The van der Waals surface area contributed by atoms with E-state index < -0.39 is 4.92 Å². The summed E-state index contributed by atoms with van der Waals surface area (Å²) in [6.45, 7) is 1.92. The fraction of sp³-hybridized carbons (Fsp3) is 0.429. The fourth-order valence-corrected chi connectivity index (χ4v) is 3.01. The number of nitro benzene ring substituents is 1. The van der Waals surface area contributed by atoms with Crippen molar-refractivity contribution in [1.82, 2.24) is 14.8 Å². The lowest BCUT2D eigenvalue weighted by molar-refractivity contribution is -0.383. The lowest BCUT2D eigenvalue weighted by Gasteiger charge is -2.15. The van der Waals surface area contributed by atoms with Crippen molar-refractivity contribution < 1.29 is 4.92 Å². The number of anilines is 1. The first-order valence-electron chi connectivity index (χ1n) is 7.03. The first-order valence-corrected chi connectivity index (χ1v) is 7.03. The standard InChI is InChI=1S/C14H17N5O2/c1-9-16-17-14(18(9)11-4-2-3-5-11)10-6-7-12(15)13(8-10)19(20)21/h6-8,11H,2-5,15H2,1H3. The Morgan fingerprint density at radius 1 is 1.33 bits per heavy atom. The van der Waals surface area contributed by atoms with Crippen molar-refractivity contribution in [2.45, 2.75) is 38.6 Å². The Balaban J connectivity index is 2.09. The molecule has 7 heteroatoms. The highest BCUT2D eigenvalue weighted by Crippen LogP contribution is 2.35. The maximum Gasteiger partial charge on any atom is 0.292 e. The van der Waals surface area contributed by atoms with Crippen LogP contribution in [0.5, 0.6) is 0 Å². The van der Waals surface area contributed by atoms with Crippen molar-refractivity contribution in [3.8, 4) is 11.4 Å². The Bertz CT molecular complexity index is 689. The zero-order valence-corrected chi connectivity index (χ0v) is 11.8. The van der Waals surface area contributed by atoms with Gasteiger partial charge in [0.1, 0.15) is 11.5 Å². The van der Waals surface area contributed by atoms with E-state index in [9.17, 15) is 10.1 Å². The van der Waals surface area contributed by atoms with Gasteiger partial charge in [0.05, 0.1) is 4.92 Å². The molecule has 0 aliphatic heterocycles. The van der Waals surface area contributed by atoms with Gasteiger partial charge in [-0.2, -0.15) is 0 Å². The molecule has 0 unspecified atom stereocenters. The van der Waals surface area contributed by atoms with Gasteiger partial charge in [-0.05, 0) is 31.9 Å². The Morgan fingerprint density at radius 2 is 2.05 bits per heavy atom. The number of aryl methyl sites for hydroxylation is 1. The summed E-state index contributed by atoms with van der Waals surface area (Å²) >= 11 is 0. The molecule has 1 aromatic carbocycles. The van der Waals surface area contributed by atoms with Crippen molar-refractivity contribution in [2.75, 3.05) is 5.73 Å². The highest BCUT2D eigenvalue weighted by atomic mass is 16.6. The fourth-order valence-electron chi connectivity index (χ4n) is 3.01. The number of rotatable bonds is 3. The van der Waals surface area contributed by atoms with Gasteiger partial charge in [0, 0.05) is 17.7 Å². The zero-order valence-electron chi connectivity index (χ0n) is 11.8. The number of aromatic nitrogens is 3. The van der Waals surface area contributed by atoms with Crippen LogP contribution in [-0.4, -0.2) is 19.7 Å². The van der Waals surface area contributed by atoms with Gasteiger partial charge in [-0.3, -0.25) is 10.1 Å². The van der Waals surface area contributed by atoms with Gasteiger partial charge in [-0.25, -0.2) is 0 Å². The molecule has 110 valence electrons. The molecule has 1 heterocycles. The molecule has 21 heavy (non-hydrogen) atoms. The van der Waals surface area contributed by atoms with Gasteiger partial charge in [-0.1, -0.05) is 12.8 Å². The summed E-state index contributed by atoms with van der Waals surface area (Å²) in [5.74, 6) is 1.53. The van der Waals surface area contributed by atoms with E-state index in [1.54, 1.807) is 12.1 Å². The molecule has 1 aliphatic rings. The quantitative estimate of drug-likeness (QED) is 0.531. The van der Waals surface area contributed by atoms with Gasteiger partial charge in [0.2, 0.25) is 0 Å². The number of nitrogen functional groups attached to an aromatic ring is 1. The van der Waals surface area contributed by atoms with Gasteiger partial charge in [-0.15, -0.1) is 10.2 Å². The number of hydrogen-bond acceptors (Lipinski definition) is 5. The molecule has 0 spiro atoms. The summed E-state index contributed by atoms with van der Waals surface area (Å²) in [7, 11) is 0. The monoisotopic (exact) mass is 287 g/mol. The van der Waals surface area contributed by atoms with Crippen molar-refractivity contribution in [3.05, 3.63) is 34.1 Å². The number of benzene rings is 1. The number of nitrogens with zero attached hydrogens (tertiary/aromatic N) is 4. The second-order valence-corrected chi connectivity index (χ2v) is 5.41. The van der Waals surface area contributed by atoms with Crippen molar-refractivity contribution in [1.29, 1.82) is 0 Å². The Kier molecular flexibility index (Phi) is 3.32. The van der Waals surface area contributed by atoms with Crippen LogP contribution in [0.1, 0.15) is 37.5 Å². The predicted molar refractivity (Wildman–Crippen MR) is 78.8 cm³/mol. The van der Waals surface area contributed by atoms with Gasteiger partial charge < -0.3 is 10.3 Å². The van der Waals surface area contributed by atoms with Crippen LogP contribution < -0.4 is 5.73 Å². The second kappa shape index (κ2) is 5.16. The second-order valence-electron chi connectivity index (χ2n) is 5.41. The normalized spacial score (nSPS) is 15.5. The van der Waals surface area contributed by atoms with Crippen LogP contribution in [0, 0.1) is 17.0 Å². The van der Waals surface area contributed by atoms with E-state index in [2.05, 4.69) is 14.8 Å². The molecule has 2 N–H and O–H groups in total. The van der Waals surface area contributed by atoms with Crippen LogP contribution >= 0.6 is 0 Å². The average Bonchev–Trinajstić information content (AvgIpc) is 3.08. The summed E-state index contributed by atoms with van der Waals surface area (Å²) in [6, 6.07) is 5.17. The number of hydrogen-bond donors (Lipinski definition) is 1. The van der Waals surface area contributed by atoms with E-state index in [0.717, 1.165) is 18.7 Å². The van der Waals surface area contributed by atoms with E-state index >= 15 is 0 Å². The lowest BCUT2D eigenvalue weighted by atomic mass is 10.1. The molecule has 1 fully saturated rings. The van der Waals surface area contributed by atoms with Gasteiger partial charge in [0.15, 0.2) is 5.82 Å². The molecular weight excluding hydrogens is 270 g/mol. The van der Waals surface area contributed by atoms with E-state index in [4.69, 9.17) is 5.73 Å². The molecule has 1 aliphatic carbocycles. The SMILES string of the molecule is Cc1nnc(-c2ccc(N)c([N+](=O)[O-])c2)n1C1CCCC1. The maximum atomic E-state index is 11.0. The molecule has 3 rings (SSSR count). The van der Waals surface area contributed by atoms with Crippen LogP contribution in [0.3, 0.4) is 0 Å². The number of nitro groups is 1. The third-order valence-electron chi connectivity index (χ3n) is 4.04. The largest absolute Gasteiger partial charge is 0.393 e. The van der Waals surface area contributed by atoms with E-state index in [1.165, 1.54) is 18.9 Å². The van der Waals surface area contributed by atoms with Crippen LogP contribution in [-0.2, 0) is 0 Å². The average molecular weight is 287 g/mol. The minimum Gasteiger partial charge on any atom is -0.393 e. The van der Waals surface area contributed by atoms with Crippen LogP contribution in [0.4, 0.5) is 11.4 Å². The van der Waals surface area contributed by atoms with Crippen molar-refractivity contribution >= 4 is 11.4 Å². The summed E-state index contributed by atoms with van der Waals surface area (Å²) in [6.07, 6.45) is 4.60. The molecule has 1 aromatic heterocycles. The Labute approximate surface area is 121 Å². The molecule has 0 atom stereocenters. The van der Waals surface area contributed by atoms with E-state index in [-0.39, 0.29) is 11.4 Å². The van der Waals surface area contributed by atoms with E-state index in [0.29, 0.717) is 17.4 Å². The predicted octanol–water partition coefficient (Wildman–Crippen LogP) is 2.86. The third kappa shape index (κ3) is 2.35. The van der Waals surface area contributed by atoms with Gasteiger partial charge in [0.25, 0.3) is 5.69 Å². The molecule has 0 bridgehead atoms. The summed E-state index contributed by atoms with van der Waals surface area (Å²) in [4.78, 5) is 10.6.